The third-order valence-corrected chi connectivity index (χ3v) is 2.88. The first-order valence-electron chi connectivity index (χ1n) is 4.28. The Hall–Kier alpha value is -0.600. The Morgan fingerprint density at radius 3 is 2.54 bits per heavy atom. The third kappa shape index (κ3) is 2.01. The molecular formula is C10H10ClNS. The first kappa shape index (κ1) is 8.97. The van der Waals surface area contributed by atoms with Crippen molar-refractivity contribution in [2.45, 2.75) is 12.3 Å². The van der Waals surface area contributed by atoms with Gasteiger partial charge < -0.3 is 5.32 Å². The van der Waals surface area contributed by atoms with E-state index in [-0.39, 0.29) is 0 Å². The van der Waals surface area contributed by atoms with Crippen LogP contribution in [0, 0.1) is 0 Å². The molecule has 68 valence electrons. The molecule has 1 heterocycles. The fourth-order valence-electron chi connectivity index (χ4n) is 1.58. The van der Waals surface area contributed by atoms with Crippen LogP contribution in [0.25, 0.3) is 0 Å². The van der Waals surface area contributed by atoms with Crippen molar-refractivity contribution in [3.05, 3.63) is 34.9 Å². The van der Waals surface area contributed by atoms with Crippen molar-refractivity contribution >= 4 is 28.8 Å². The second-order valence-corrected chi connectivity index (χ2v) is 4.19. The van der Waals surface area contributed by atoms with Gasteiger partial charge in [-0.1, -0.05) is 36.0 Å². The molecular weight excluding hydrogens is 202 g/mol. The molecule has 1 aliphatic heterocycles. The molecule has 0 bridgehead atoms. The van der Waals surface area contributed by atoms with E-state index >= 15 is 0 Å². The predicted octanol–water partition coefficient (Wildman–Crippen LogP) is 2.74. The minimum Gasteiger partial charge on any atom is -0.379 e. The highest BCUT2D eigenvalue weighted by atomic mass is 35.5. The highest BCUT2D eigenvalue weighted by Gasteiger charge is 2.19. The lowest BCUT2D eigenvalue weighted by Gasteiger charge is -2.06. The van der Waals surface area contributed by atoms with Gasteiger partial charge in [-0.3, -0.25) is 0 Å². The van der Waals surface area contributed by atoms with Gasteiger partial charge in [-0.2, -0.15) is 0 Å². The lowest BCUT2D eigenvalue weighted by atomic mass is 9.99. The van der Waals surface area contributed by atoms with E-state index in [2.05, 4.69) is 17.4 Å². The second kappa shape index (κ2) is 3.64. The maximum atomic E-state index is 5.81. The Kier molecular flexibility index (Phi) is 2.51. The van der Waals surface area contributed by atoms with Crippen LogP contribution in [0.3, 0.4) is 0 Å². The zero-order valence-corrected chi connectivity index (χ0v) is 8.66. The summed E-state index contributed by atoms with van der Waals surface area (Å²) in [7, 11) is 0. The van der Waals surface area contributed by atoms with Gasteiger partial charge in [0.15, 0.2) is 0 Å². The molecule has 1 aliphatic rings. The highest BCUT2D eigenvalue weighted by Crippen LogP contribution is 2.24. The number of hydrogen-bond acceptors (Lipinski definition) is 1. The Labute approximate surface area is 88.1 Å². The fraction of sp³-hybridized carbons (Fsp3) is 0.300. The first-order chi connectivity index (χ1) is 6.25. The van der Waals surface area contributed by atoms with Crippen LogP contribution in [0.15, 0.2) is 24.3 Å². The summed E-state index contributed by atoms with van der Waals surface area (Å²) in [5, 5.41) is 3.97. The molecule has 1 nitrogen and oxygen atoms in total. The summed E-state index contributed by atoms with van der Waals surface area (Å²) in [5.41, 5.74) is 1.32. The van der Waals surface area contributed by atoms with Crippen molar-refractivity contribution in [2.24, 2.45) is 0 Å². The van der Waals surface area contributed by atoms with E-state index in [1.165, 1.54) is 5.56 Å². The SMILES string of the molecule is S=C1C[C@H](c2ccc(Cl)cc2)CN1. The molecule has 0 amide bonds. The molecule has 0 unspecified atom stereocenters. The predicted molar refractivity (Wildman–Crippen MR) is 59.4 cm³/mol. The fourth-order valence-corrected chi connectivity index (χ4v) is 1.99. The minimum absolute atomic E-state index is 0.532. The molecule has 2 rings (SSSR count). The van der Waals surface area contributed by atoms with Crippen LogP contribution < -0.4 is 5.32 Å². The van der Waals surface area contributed by atoms with Crippen molar-refractivity contribution in [2.75, 3.05) is 6.54 Å². The standard InChI is InChI=1S/C10H10ClNS/c11-9-3-1-7(2-4-9)8-5-10(13)12-6-8/h1-4,8H,5-6H2,(H,12,13)/t8-/m0/s1. The van der Waals surface area contributed by atoms with Crippen molar-refractivity contribution < 1.29 is 0 Å². The average Bonchev–Trinajstić information content (AvgIpc) is 2.53. The number of thiocarbonyl (C=S) groups is 1. The molecule has 0 spiro atoms. The van der Waals surface area contributed by atoms with E-state index in [1.54, 1.807) is 0 Å². The van der Waals surface area contributed by atoms with Gasteiger partial charge in [-0.15, -0.1) is 0 Å². The second-order valence-electron chi connectivity index (χ2n) is 3.26. The summed E-state index contributed by atoms with van der Waals surface area (Å²) >= 11 is 10.9. The van der Waals surface area contributed by atoms with E-state index < -0.39 is 0 Å². The van der Waals surface area contributed by atoms with E-state index in [0.29, 0.717) is 5.92 Å². The lowest BCUT2D eigenvalue weighted by Crippen LogP contribution is -2.11. The van der Waals surface area contributed by atoms with Crippen LogP contribution in [0.5, 0.6) is 0 Å². The van der Waals surface area contributed by atoms with Gasteiger partial charge in [0.05, 0.1) is 4.99 Å². The average molecular weight is 212 g/mol. The molecule has 1 fully saturated rings. The normalized spacial score (nSPS) is 21.6. The molecule has 0 aromatic heterocycles. The van der Waals surface area contributed by atoms with E-state index in [0.717, 1.165) is 23.0 Å². The van der Waals surface area contributed by atoms with Gasteiger partial charge in [-0.05, 0) is 17.7 Å². The topological polar surface area (TPSA) is 12.0 Å². The van der Waals surface area contributed by atoms with Gasteiger partial charge in [0.25, 0.3) is 0 Å². The largest absolute Gasteiger partial charge is 0.379 e. The smallest absolute Gasteiger partial charge is 0.0760 e. The minimum atomic E-state index is 0.532. The van der Waals surface area contributed by atoms with E-state index in [9.17, 15) is 0 Å². The van der Waals surface area contributed by atoms with Gasteiger partial charge in [0.1, 0.15) is 0 Å². The van der Waals surface area contributed by atoms with E-state index in [1.807, 2.05) is 12.1 Å². The molecule has 1 N–H and O–H groups in total. The molecule has 1 atom stereocenters. The zero-order valence-electron chi connectivity index (χ0n) is 7.09. The Morgan fingerprint density at radius 1 is 1.31 bits per heavy atom. The molecule has 0 saturated carbocycles. The molecule has 1 saturated heterocycles. The Bertz CT molecular complexity index is 320. The molecule has 3 heteroatoms. The third-order valence-electron chi connectivity index (χ3n) is 2.32. The quantitative estimate of drug-likeness (QED) is 0.717. The molecule has 0 aliphatic carbocycles. The van der Waals surface area contributed by atoms with Crippen LogP contribution in [0.2, 0.25) is 5.02 Å². The van der Waals surface area contributed by atoms with Crippen molar-refractivity contribution in [3.63, 3.8) is 0 Å². The number of halogens is 1. The summed E-state index contributed by atoms with van der Waals surface area (Å²) in [6.07, 6.45) is 0.969. The number of rotatable bonds is 1. The van der Waals surface area contributed by atoms with Gasteiger partial charge in [0.2, 0.25) is 0 Å². The summed E-state index contributed by atoms with van der Waals surface area (Å²) in [4.78, 5) is 0.972. The molecule has 1 aromatic rings. The molecule has 0 radical (unpaired) electrons. The van der Waals surface area contributed by atoms with Crippen molar-refractivity contribution in [1.29, 1.82) is 0 Å². The summed E-state index contributed by atoms with van der Waals surface area (Å²) in [5.74, 6) is 0.532. The summed E-state index contributed by atoms with van der Waals surface area (Å²) in [6, 6.07) is 8.00. The number of benzene rings is 1. The van der Waals surface area contributed by atoms with Crippen molar-refractivity contribution in [3.8, 4) is 0 Å². The van der Waals surface area contributed by atoms with Crippen LogP contribution in [-0.2, 0) is 0 Å². The van der Waals surface area contributed by atoms with Crippen molar-refractivity contribution in [1.82, 2.24) is 5.32 Å². The van der Waals surface area contributed by atoms with E-state index in [4.69, 9.17) is 23.8 Å². The van der Waals surface area contributed by atoms with Gasteiger partial charge in [-0.25, -0.2) is 0 Å². The van der Waals surface area contributed by atoms with Crippen LogP contribution in [0.1, 0.15) is 17.9 Å². The van der Waals surface area contributed by atoms with Gasteiger partial charge >= 0.3 is 0 Å². The number of nitrogens with one attached hydrogen (secondary N) is 1. The lowest BCUT2D eigenvalue weighted by molar-refractivity contribution is 0.764. The maximum absolute atomic E-state index is 5.81. The molecule has 1 aromatic carbocycles. The molecule has 13 heavy (non-hydrogen) atoms. The maximum Gasteiger partial charge on any atom is 0.0760 e. The van der Waals surface area contributed by atoms with Crippen LogP contribution in [-0.4, -0.2) is 11.5 Å². The Morgan fingerprint density at radius 2 is 2.00 bits per heavy atom. The monoisotopic (exact) mass is 211 g/mol. The summed E-state index contributed by atoms with van der Waals surface area (Å²) < 4.78 is 0. The van der Waals surface area contributed by atoms with Gasteiger partial charge in [0, 0.05) is 23.9 Å². The van der Waals surface area contributed by atoms with Crippen LogP contribution in [0.4, 0.5) is 0 Å². The van der Waals surface area contributed by atoms with Crippen LogP contribution >= 0.6 is 23.8 Å². The number of hydrogen-bond donors (Lipinski definition) is 1. The summed E-state index contributed by atoms with van der Waals surface area (Å²) in [6.45, 7) is 0.959. The first-order valence-corrected chi connectivity index (χ1v) is 5.06. The highest BCUT2D eigenvalue weighted by molar-refractivity contribution is 7.80. The zero-order chi connectivity index (χ0) is 9.26. The Balaban J connectivity index is 2.17.